The predicted octanol–water partition coefficient (Wildman–Crippen LogP) is 3.86. The Bertz CT molecular complexity index is 1130. The molecule has 8 heteroatoms. The fourth-order valence-electron chi connectivity index (χ4n) is 3.93. The molecule has 1 aliphatic heterocycles. The molecule has 1 fully saturated rings. The fourth-order valence-corrected chi connectivity index (χ4v) is 6.94. The number of benzene rings is 2. The minimum absolute atomic E-state index is 0.170. The lowest BCUT2D eigenvalue weighted by Crippen LogP contribution is -2.38. The Hall–Kier alpha value is -1.90. The molecule has 0 saturated carbocycles. The van der Waals surface area contributed by atoms with Crippen LogP contribution in [0, 0.1) is 26.7 Å². The second-order valence-corrected chi connectivity index (χ2v) is 12.1. The first kappa shape index (κ1) is 22.8. The maximum Gasteiger partial charge on any atom is 0.264 e. The van der Waals surface area contributed by atoms with E-state index in [0.717, 1.165) is 18.4 Å². The number of rotatable bonds is 5. The molecule has 1 aliphatic rings. The largest absolute Gasteiger partial charge is 0.269 e. The molecule has 0 spiro atoms. The van der Waals surface area contributed by atoms with Crippen molar-refractivity contribution in [2.75, 3.05) is 24.4 Å². The van der Waals surface area contributed by atoms with Gasteiger partial charge in [-0.2, -0.15) is 4.31 Å². The number of anilines is 1. The van der Waals surface area contributed by atoms with Gasteiger partial charge in [-0.25, -0.2) is 16.8 Å². The molecule has 0 atom stereocenters. The zero-order valence-electron chi connectivity index (χ0n) is 18.2. The van der Waals surface area contributed by atoms with Gasteiger partial charge in [0.15, 0.2) is 0 Å². The van der Waals surface area contributed by atoms with Crippen molar-refractivity contribution in [3.05, 3.63) is 53.1 Å². The number of nitrogens with zero attached hydrogens (tertiary/aromatic N) is 2. The highest BCUT2D eigenvalue weighted by molar-refractivity contribution is 7.92. The Labute approximate surface area is 180 Å². The molecular formula is C22H30N2O4S2. The first-order valence-corrected chi connectivity index (χ1v) is 13.0. The van der Waals surface area contributed by atoms with Gasteiger partial charge in [0.25, 0.3) is 10.0 Å². The van der Waals surface area contributed by atoms with Crippen molar-refractivity contribution in [3.8, 4) is 0 Å². The second-order valence-electron chi connectivity index (χ2n) is 8.23. The van der Waals surface area contributed by atoms with E-state index in [4.69, 9.17) is 0 Å². The first-order valence-electron chi connectivity index (χ1n) is 10.1. The van der Waals surface area contributed by atoms with E-state index in [-0.39, 0.29) is 9.79 Å². The van der Waals surface area contributed by atoms with Crippen LogP contribution in [0.4, 0.5) is 5.69 Å². The Morgan fingerprint density at radius 3 is 2.03 bits per heavy atom. The molecular weight excluding hydrogens is 420 g/mol. The lowest BCUT2D eigenvalue weighted by atomic mass is 10.0. The summed E-state index contributed by atoms with van der Waals surface area (Å²) in [6.45, 7) is 8.48. The molecule has 1 saturated heterocycles. The molecule has 2 aromatic rings. The smallest absolute Gasteiger partial charge is 0.264 e. The highest BCUT2D eigenvalue weighted by atomic mass is 32.2. The van der Waals surface area contributed by atoms with Gasteiger partial charge >= 0.3 is 0 Å². The monoisotopic (exact) mass is 450 g/mol. The van der Waals surface area contributed by atoms with Gasteiger partial charge in [0.2, 0.25) is 10.0 Å². The Morgan fingerprint density at radius 1 is 0.900 bits per heavy atom. The maximum absolute atomic E-state index is 13.3. The van der Waals surface area contributed by atoms with E-state index in [1.807, 2.05) is 6.92 Å². The summed E-state index contributed by atoms with van der Waals surface area (Å²) in [6.07, 6.45) is 1.66. The van der Waals surface area contributed by atoms with Gasteiger partial charge in [0.05, 0.1) is 15.5 Å². The summed E-state index contributed by atoms with van der Waals surface area (Å²) in [7, 11) is -6.04. The van der Waals surface area contributed by atoms with Gasteiger partial charge in [-0.3, -0.25) is 4.31 Å². The number of aryl methyl sites for hydroxylation is 2. The Morgan fingerprint density at radius 2 is 1.47 bits per heavy atom. The van der Waals surface area contributed by atoms with E-state index in [1.54, 1.807) is 50.2 Å². The topological polar surface area (TPSA) is 74.8 Å². The van der Waals surface area contributed by atoms with Gasteiger partial charge in [-0.15, -0.1) is 0 Å². The molecule has 0 unspecified atom stereocenters. The average molecular weight is 451 g/mol. The van der Waals surface area contributed by atoms with Crippen molar-refractivity contribution in [3.63, 3.8) is 0 Å². The molecule has 6 nitrogen and oxygen atoms in total. The van der Waals surface area contributed by atoms with Crippen molar-refractivity contribution in [1.29, 1.82) is 0 Å². The van der Waals surface area contributed by atoms with Gasteiger partial charge < -0.3 is 0 Å². The Kier molecular flexibility index (Phi) is 6.32. The SMILES string of the molecule is Cc1ccc(S(=O)(=O)N(C)c2c(C)ccc(S(=O)(=O)N3CCC(C)CC3)c2C)cc1. The van der Waals surface area contributed by atoms with Crippen LogP contribution in [0.15, 0.2) is 46.2 Å². The van der Waals surface area contributed by atoms with Gasteiger partial charge in [0.1, 0.15) is 0 Å². The molecule has 0 radical (unpaired) electrons. The lowest BCUT2D eigenvalue weighted by molar-refractivity contribution is 0.288. The molecule has 3 rings (SSSR count). The molecule has 0 bridgehead atoms. The van der Waals surface area contributed by atoms with Crippen molar-refractivity contribution in [2.45, 2.75) is 50.3 Å². The quantitative estimate of drug-likeness (QED) is 0.693. The van der Waals surface area contributed by atoms with Gasteiger partial charge in [-0.1, -0.05) is 30.7 Å². The summed E-state index contributed by atoms with van der Waals surface area (Å²) in [6, 6.07) is 9.91. The molecule has 30 heavy (non-hydrogen) atoms. The van der Waals surface area contributed by atoms with E-state index in [2.05, 4.69) is 6.92 Å². The second kappa shape index (κ2) is 8.32. The van der Waals surface area contributed by atoms with Crippen LogP contribution in [0.3, 0.4) is 0 Å². The van der Waals surface area contributed by atoms with E-state index in [9.17, 15) is 16.8 Å². The Balaban J connectivity index is 2.05. The van der Waals surface area contributed by atoms with E-state index < -0.39 is 20.0 Å². The normalized spacial score (nSPS) is 16.6. The third-order valence-electron chi connectivity index (χ3n) is 5.94. The third-order valence-corrected chi connectivity index (χ3v) is 9.75. The van der Waals surface area contributed by atoms with Crippen LogP contribution >= 0.6 is 0 Å². The number of hydrogen-bond acceptors (Lipinski definition) is 4. The van der Waals surface area contributed by atoms with Crippen molar-refractivity contribution < 1.29 is 16.8 Å². The van der Waals surface area contributed by atoms with Crippen LogP contribution in [0.1, 0.15) is 36.5 Å². The fraction of sp³-hybridized carbons (Fsp3) is 0.455. The molecule has 0 amide bonds. The summed E-state index contributed by atoms with van der Waals surface area (Å²) in [5, 5.41) is 0. The minimum Gasteiger partial charge on any atom is -0.269 e. The average Bonchev–Trinajstić information content (AvgIpc) is 2.68. The third kappa shape index (κ3) is 4.13. The summed E-state index contributed by atoms with van der Waals surface area (Å²) in [4.78, 5) is 0.344. The van der Waals surface area contributed by atoms with Crippen molar-refractivity contribution in [2.24, 2.45) is 5.92 Å². The van der Waals surface area contributed by atoms with Gasteiger partial charge in [0, 0.05) is 20.1 Å². The van der Waals surface area contributed by atoms with E-state index in [1.165, 1.54) is 15.7 Å². The first-order chi connectivity index (χ1) is 14.0. The summed E-state index contributed by atoms with van der Waals surface area (Å²) in [5.74, 6) is 0.511. The molecule has 1 heterocycles. The van der Waals surface area contributed by atoms with E-state index in [0.29, 0.717) is 35.8 Å². The highest BCUT2D eigenvalue weighted by Crippen LogP contribution is 2.35. The summed E-state index contributed by atoms with van der Waals surface area (Å²) in [5.41, 5.74) is 2.53. The molecule has 0 N–H and O–H groups in total. The molecule has 2 aromatic carbocycles. The number of sulfonamides is 2. The molecule has 0 aromatic heterocycles. The highest BCUT2D eigenvalue weighted by Gasteiger charge is 2.32. The zero-order chi connectivity index (χ0) is 22.3. The van der Waals surface area contributed by atoms with Crippen molar-refractivity contribution in [1.82, 2.24) is 4.31 Å². The predicted molar refractivity (Wildman–Crippen MR) is 120 cm³/mol. The standard InChI is InChI=1S/C22H30N2O4S2/c1-16-6-9-20(10-7-16)29(25,26)23(5)22-18(3)8-11-21(19(22)4)30(27,28)24-14-12-17(2)13-15-24/h6-11,17H,12-15H2,1-5H3. The maximum atomic E-state index is 13.3. The summed E-state index contributed by atoms with van der Waals surface area (Å²) >= 11 is 0. The van der Waals surface area contributed by atoms with Crippen LogP contribution in [0.5, 0.6) is 0 Å². The van der Waals surface area contributed by atoms with Crippen LogP contribution in [0.25, 0.3) is 0 Å². The minimum atomic E-state index is -3.82. The van der Waals surface area contributed by atoms with Crippen LogP contribution in [-0.4, -0.2) is 41.3 Å². The van der Waals surface area contributed by atoms with E-state index >= 15 is 0 Å². The zero-order valence-corrected chi connectivity index (χ0v) is 19.8. The van der Waals surface area contributed by atoms with Crippen LogP contribution in [-0.2, 0) is 20.0 Å². The van der Waals surface area contributed by atoms with Crippen LogP contribution in [0.2, 0.25) is 0 Å². The summed E-state index contributed by atoms with van der Waals surface area (Å²) < 4.78 is 55.8. The molecule has 0 aliphatic carbocycles. The van der Waals surface area contributed by atoms with Gasteiger partial charge in [-0.05, 0) is 68.9 Å². The number of piperidine rings is 1. The number of hydrogen-bond donors (Lipinski definition) is 0. The van der Waals surface area contributed by atoms with Crippen LogP contribution < -0.4 is 4.31 Å². The lowest BCUT2D eigenvalue weighted by Gasteiger charge is -2.31. The molecule has 164 valence electrons. The van der Waals surface area contributed by atoms with Crippen molar-refractivity contribution >= 4 is 25.7 Å².